The van der Waals surface area contributed by atoms with E-state index in [4.69, 9.17) is 5.10 Å². The highest BCUT2D eigenvalue weighted by Crippen LogP contribution is 2.39. The first-order chi connectivity index (χ1) is 14.0. The quantitative estimate of drug-likeness (QED) is 0.690. The van der Waals surface area contributed by atoms with Crippen LogP contribution in [0.5, 0.6) is 0 Å². The molecule has 0 N–H and O–H groups in total. The molecule has 0 saturated carbocycles. The lowest BCUT2D eigenvalue weighted by molar-refractivity contribution is -0.129. The van der Waals surface area contributed by atoms with E-state index in [1.165, 1.54) is 28.1 Å². The third kappa shape index (κ3) is 2.92. The highest BCUT2D eigenvalue weighted by molar-refractivity contribution is 5.77. The van der Waals surface area contributed by atoms with Gasteiger partial charge in [-0.2, -0.15) is 10.2 Å². The number of hydrogen-bond donors (Lipinski definition) is 0. The number of fused-ring (bicyclic) bond motifs is 2. The van der Waals surface area contributed by atoms with Crippen molar-refractivity contribution in [3.63, 3.8) is 0 Å². The molecule has 150 valence electrons. The van der Waals surface area contributed by atoms with Crippen molar-refractivity contribution in [2.45, 2.75) is 39.8 Å². The SMILES string of the molecule is CCn1nc(N2CCc3cc(-c4cnn(C)c4)ccc32)c2c1CCN(C(C)=O)C2. The molecule has 7 nitrogen and oxygen atoms in total. The van der Waals surface area contributed by atoms with E-state index in [0.29, 0.717) is 6.54 Å². The third-order valence-electron chi connectivity index (χ3n) is 6.13. The molecule has 7 heteroatoms. The van der Waals surface area contributed by atoms with Crippen molar-refractivity contribution < 1.29 is 4.79 Å². The largest absolute Gasteiger partial charge is 0.338 e. The molecule has 0 radical (unpaired) electrons. The Morgan fingerprint density at radius 1 is 1.17 bits per heavy atom. The van der Waals surface area contributed by atoms with E-state index >= 15 is 0 Å². The van der Waals surface area contributed by atoms with Gasteiger partial charge in [0.2, 0.25) is 5.91 Å². The molecule has 0 atom stereocenters. The van der Waals surface area contributed by atoms with Crippen LogP contribution < -0.4 is 4.90 Å². The van der Waals surface area contributed by atoms with E-state index in [1.54, 1.807) is 6.92 Å². The molecule has 0 unspecified atom stereocenters. The maximum absolute atomic E-state index is 12.0. The van der Waals surface area contributed by atoms with Gasteiger partial charge >= 0.3 is 0 Å². The van der Waals surface area contributed by atoms with Crippen molar-refractivity contribution in [2.24, 2.45) is 7.05 Å². The van der Waals surface area contributed by atoms with Crippen molar-refractivity contribution in [1.82, 2.24) is 24.5 Å². The fourth-order valence-electron chi connectivity index (χ4n) is 4.59. The topological polar surface area (TPSA) is 59.2 Å². The molecule has 29 heavy (non-hydrogen) atoms. The van der Waals surface area contributed by atoms with Crippen LogP contribution in [-0.4, -0.2) is 43.5 Å². The summed E-state index contributed by atoms with van der Waals surface area (Å²) in [6.07, 6.45) is 5.82. The van der Waals surface area contributed by atoms with Crippen molar-refractivity contribution in [3.05, 3.63) is 47.4 Å². The standard InChI is InChI=1S/C22H26N6O/c1-4-28-21-8-9-26(15(2)29)14-19(21)22(24-28)27-10-7-17-11-16(5-6-20(17)27)18-12-23-25(3)13-18/h5-6,11-13H,4,7-10,14H2,1-3H3. The normalized spacial score (nSPS) is 15.6. The van der Waals surface area contributed by atoms with Crippen LogP contribution in [-0.2, 0) is 37.8 Å². The summed E-state index contributed by atoms with van der Waals surface area (Å²) in [4.78, 5) is 16.2. The molecule has 2 aliphatic heterocycles. The third-order valence-corrected chi connectivity index (χ3v) is 6.13. The Morgan fingerprint density at radius 3 is 2.76 bits per heavy atom. The minimum absolute atomic E-state index is 0.133. The predicted octanol–water partition coefficient (Wildman–Crippen LogP) is 2.90. The maximum atomic E-state index is 12.0. The Bertz CT molecular complexity index is 1090. The van der Waals surface area contributed by atoms with E-state index in [-0.39, 0.29) is 5.91 Å². The molecule has 4 heterocycles. The monoisotopic (exact) mass is 390 g/mol. The highest BCUT2D eigenvalue weighted by Gasteiger charge is 2.31. The molecule has 0 spiro atoms. The molecule has 3 aromatic rings. The molecule has 0 aliphatic carbocycles. The molecular formula is C22H26N6O. The summed E-state index contributed by atoms with van der Waals surface area (Å²) in [6, 6.07) is 6.64. The van der Waals surface area contributed by atoms with E-state index in [0.717, 1.165) is 43.9 Å². The van der Waals surface area contributed by atoms with Crippen LogP contribution in [0.15, 0.2) is 30.6 Å². The van der Waals surface area contributed by atoms with Gasteiger partial charge in [0.25, 0.3) is 0 Å². The molecule has 0 bridgehead atoms. The number of amides is 1. The van der Waals surface area contributed by atoms with Gasteiger partial charge in [-0.15, -0.1) is 0 Å². The van der Waals surface area contributed by atoms with Crippen molar-refractivity contribution in [1.29, 1.82) is 0 Å². The summed E-state index contributed by atoms with van der Waals surface area (Å²) in [5.74, 6) is 1.15. The van der Waals surface area contributed by atoms with Gasteiger partial charge in [0.15, 0.2) is 5.82 Å². The first-order valence-electron chi connectivity index (χ1n) is 10.3. The number of aryl methyl sites for hydroxylation is 2. The summed E-state index contributed by atoms with van der Waals surface area (Å²) < 4.78 is 3.95. The van der Waals surface area contributed by atoms with Crippen LogP contribution in [0.1, 0.15) is 30.7 Å². The van der Waals surface area contributed by atoms with Crippen molar-refractivity contribution in [3.8, 4) is 11.1 Å². The Hall–Kier alpha value is -3.09. The summed E-state index contributed by atoms with van der Waals surface area (Å²) >= 11 is 0. The number of anilines is 2. The zero-order chi connectivity index (χ0) is 20.1. The second kappa shape index (κ2) is 6.76. The average Bonchev–Trinajstić information content (AvgIpc) is 3.43. The summed E-state index contributed by atoms with van der Waals surface area (Å²) in [5.41, 5.74) is 7.38. The van der Waals surface area contributed by atoms with E-state index < -0.39 is 0 Å². The first-order valence-corrected chi connectivity index (χ1v) is 10.3. The Kier molecular flexibility index (Phi) is 4.19. The molecule has 1 aromatic carbocycles. The van der Waals surface area contributed by atoms with E-state index in [2.05, 4.69) is 39.8 Å². The number of nitrogens with zero attached hydrogens (tertiary/aromatic N) is 6. The second-order valence-corrected chi connectivity index (χ2v) is 7.90. The molecular weight excluding hydrogens is 364 g/mol. The molecule has 1 amide bonds. The van der Waals surface area contributed by atoms with Crippen molar-refractivity contribution >= 4 is 17.4 Å². The Morgan fingerprint density at radius 2 is 2.03 bits per heavy atom. The number of hydrogen-bond acceptors (Lipinski definition) is 4. The van der Waals surface area contributed by atoms with Crippen molar-refractivity contribution in [2.75, 3.05) is 18.0 Å². The van der Waals surface area contributed by atoms with Crippen LogP contribution in [0.25, 0.3) is 11.1 Å². The van der Waals surface area contributed by atoms with Gasteiger partial charge in [0.1, 0.15) is 0 Å². The van der Waals surface area contributed by atoms with E-state index in [1.807, 2.05) is 29.0 Å². The zero-order valence-corrected chi connectivity index (χ0v) is 17.2. The lowest BCUT2D eigenvalue weighted by Crippen LogP contribution is -2.35. The Balaban J connectivity index is 1.53. The van der Waals surface area contributed by atoms with Gasteiger partial charge in [-0.3, -0.25) is 14.2 Å². The van der Waals surface area contributed by atoms with E-state index in [9.17, 15) is 4.79 Å². The molecule has 0 saturated heterocycles. The van der Waals surface area contributed by atoms with Gasteiger partial charge in [-0.05, 0) is 36.6 Å². The smallest absolute Gasteiger partial charge is 0.219 e. The Labute approximate surface area is 170 Å². The highest BCUT2D eigenvalue weighted by atomic mass is 16.2. The predicted molar refractivity (Wildman–Crippen MR) is 112 cm³/mol. The number of aromatic nitrogens is 4. The molecule has 5 rings (SSSR count). The molecule has 0 fully saturated rings. The fraction of sp³-hybridized carbons (Fsp3) is 0.409. The maximum Gasteiger partial charge on any atom is 0.219 e. The van der Waals surface area contributed by atoms with Crippen LogP contribution >= 0.6 is 0 Å². The van der Waals surface area contributed by atoms with Gasteiger partial charge in [-0.1, -0.05) is 6.07 Å². The van der Waals surface area contributed by atoms with Gasteiger partial charge in [0, 0.05) is 68.7 Å². The summed E-state index contributed by atoms with van der Waals surface area (Å²) in [6.45, 7) is 6.98. The second-order valence-electron chi connectivity index (χ2n) is 7.90. The van der Waals surface area contributed by atoms with Gasteiger partial charge in [-0.25, -0.2) is 0 Å². The molecule has 2 aliphatic rings. The minimum atomic E-state index is 0.133. The zero-order valence-electron chi connectivity index (χ0n) is 17.2. The summed E-state index contributed by atoms with van der Waals surface area (Å²) in [5, 5.41) is 9.25. The van der Waals surface area contributed by atoms with Crippen LogP contribution in [0.2, 0.25) is 0 Å². The average molecular weight is 390 g/mol. The number of carbonyl (C=O) groups excluding carboxylic acids is 1. The fourth-order valence-corrected chi connectivity index (χ4v) is 4.59. The number of carbonyl (C=O) groups is 1. The minimum Gasteiger partial charge on any atom is -0.338 e. The molecule has 2 aromatic heterocycles. The van der Waals surface area contributed by atoms with Crippen LogP contribution in [0.3, 0.4) is 0 Å². The lowest BCUT2D eigenvalue weighted by atomic mass is 10.0. The van der Waals surface area contributed by atoms with Gasteiger partial charge in [0.05, 0.1) is 12.7 Å². The lowest BCUT2D eigenvalue weighted by Gasteiger charge is -2.28. The summed E-state index contributed by atoms with van der Waals surface area (Å²) in [7, 11) is 1.94. The van der Waals surface area contributed by atoms with Gasteiger partial charge < -0.3 is 9.80 Å². The first kappa shape index (κ1) is 18.0. The van der Waals surface area contributed by atoms with Crippen LogP contribution in [0.4, 0.5) is 11.5 Å². The number of rotatable bonds is 3. The number of benzene rings is 1. The van der Waals surface area contributed by atoms with Crippen LogP contribution in [0, 0.1) is 0 Å².